The lowest BCUT2D eigenvalue weighted by atomic mass is 10.1. The standard InChI is InChI=1S/C18H17ClN4O2S/c1-25-13-6-5-10(19)8-11(13)22-17(24)12-7-9-3-2-4-14-16(15(9)21-12)23-18(20)26-14/h5-8,21H,2-4H2,1H3,(H2,20,23)(H,22,24). The van der Waals surface area contributed by atoms with Crippen molar-refractivity contribution in [1.82, 2.24) is 9.97 Å². The number of benzene rings is 1. The summed E-state index contributed by atoms with van der Waals surface area (Å²) in [6.45, 7) is 0. The van der Waals surface area contributed by atoms with Gasteiger partial charge in [-0.25, -0.2) is 4.98 Å². The SMILES string of the molecule is COc1ccc(Cl)cc1NC(=O)c1cc2c([nH]1)-c1nc(N)sc1CCC2. The Morgan fingerprint density at radius 2 is 2.23 bits per heavy atom. The van der Waals surface area contributed by atoms with E-state index in [0.29, 0.717) is 27.3 Å². The van der Waals surface area contributed by atoms with Gasteiger partial charge in [0.2, 0.25) is 0 Å². The van der Waals surface area contributed by atoms with Crippen LogP contribution in [0.15, 0.2) is 24.3 Å². The maximum Gasteiger partial charge on any atom is 0.272 e. The number of amides is 1. The third-order valence-corrected chi connectivity index (χ3v) is 5.53. The number of thiazole rings is 1. The Morgan fingerprint density at radius 3 is 3.04 bits per heavy atom. The third kappa shape index (κ3) is 3.04. The number of fused-ring (bicyclic) bond motifs is 3. The van der Waals surface area contributed by atoms with Gasteiger partial charge in [-0.3, -0.25) is 4.79 Å². The lowest BCUT2D eigenvalue weighted by Gasteiger charge is -2.09. The Balaban J connectivity index is 1.67. The van der Waals surface area contributed by atoms with E-state index >= 15 is 0 Å². The van der Waals surface area contributed by atoms with Crippen LogP contribution in [0.4, 0.5) is 10.8 Å². The van der Waals surface area contributed by atoms with Gasteiger partial charge in [0.15, 0.2) is 5.13 Å². The van der Waals surface area contributed by atoms with E-state index in [9.17, 15) is 4.79 Å². The molecule has 1 aliphatic carbocycles. The molecular formula is C18H17ClN4O2S. The van der Waals surface area contributed by atoms with Crippen LogP contribution in [0.3, 0.4) is 0 Å². The second-order valence-corrected chi connectivity index (χ2v) is 7.61. The summed E-state index contributed by atoms with van der Waals surface area (Å²) in [4.78, 5) is 21.6. The zero-order chi connectivity index (χ0) is 18.3. The zero-order valence-electron chi connectivity index (χ0n) is 14.1. The van der Waals surface area contributed by atoms with Gasteiger partial charge < -0.3 is 20.8 Å². The number of halogens is 1. The van der Waals surface area contributed by atoms with E-state index in [1.165, 1.54) is 11.3 Å². The van der Waals surface area contributed by atoms with Crippen LogP contribution in [-0.2, 0) is 12.8 Å². The van der Waals surface area contributed by atoms with Crippen molar-refractivity contribution < 1.29 is 9.53 Å². The van der Waals surface area contributed by atoms with Crippen LogP contribution in [0.5, 0.6) is 5.75 Å². The van der Waals surface area contributed by atoms with Crippen molar-refractivity contribution in [2.75, 3.05) is 18.2 Å². The number of hydrogen-bond acceptors (Lipinski definition) is 5. The first kappa shape index (κ1) is 16.9. The molecular weight excluding hydrogens is 372 g/mol. The monoisotopic (exact) mass is 388 g/mol. The van der Waals surface area contributed by atoms with Crippen molar-refractivity contribution in [3.05, 3.63) is 45.4 Å². The second-order valence-electron chi connectivity index (χ2n) is 6.06. The molecule has 1 aromatic carbocycles. The molecule has 2 aromatic heterocycles. The number of H-pyrrole nitrogens is 1. The number of nitrogens with two attached hydrogens (primary N) is 1. The predicted octanol–water partition coefficient (Wildman–Crippen LogP) is 4.12. The molecule has 134 valence electrons. The van der Waals surface area contributed by atoms with Gasteiger partial charge in [-0.15, -0.1) is 11.3 Å². The van der Waals surface area contributed by atoms with Crippen molar-refractivity contribution in [2.24, 2.45) is 0 Å². The van der Waals surface area contributed by atoms with Crippen LogP contribution < -0.4 is 15.8 Å². The smallest absolute Gasteiger partial charge is 0.272 e. The molecule has 0 atom stereocenters. The van der Waals surface area contributed by atoms with Crippen LogP contribution in [0.1, 0.15) is 27.3 Å². The molecule has 0 spiro atoms. The molecule has 0 fully saturated rings. The molecule has 0 radical (unpaired) electrons. The number of rotatable bonds is 3. The maximum absolute atomic E-state index is 12.7. The molecule has 0 bridgehead atoms. The number of carbonyl (C=O) groups is 1. The molecule has 26 heavy (non-hydrogen) atoms. The van der Waals surface area contributed by atoms with Crippen molar-refractivity contribution in [3.8, 4) is 17.1 Å². The van der Waals surface area contributed by atoms with E-state index in [2.05, 4.69) is 15.3 Å². The normalized spacial score (nSPS) is 12.8. The van der Waals surface area contributed by atoms with Gasteiger partial charge in [0.1, 0.15) is 17.1 Å². The summed E-state index contributed by atoms with van der Waals surface area (Å²) in [6, 6.07) is 6.96. The number of nitrogens with one attached hydrogen (secondary N) is 2. The van der Waals surface area contributed by atoms with Gasteiger partial charge in [-0.2, -0.15) is 0 Å². The highest BCUT2D eigenvalue weighted by atomic mass is 35.5. The Kier molecular flexibility index (Phi) is 4.34. The molecule has 3 aromatic rings. The maximum atomic E-state index is 12.7. The number of nitrogens with zero attached hydrogens (tertiary/aromatic N) is 1. The molecule has 0 unspecified atom stereocenters. The Morgan fingerprint density at radius 1 is 1.38 bits per heavy atom. The fourth-order valence-electron chi connectivity index (χ4n) is 3.17. The summed E-state index contributed by atoms with van der Waals surface area (Å²) in [5.74, 6) is 0.286. The summed E-state index contributed by atoms with van der Waals surface area (Å²) in [5, 5.41) is 3.92. The van der Waals surface area contributed by atoms with Crippen molar-refractivity contribution in [3.63, 3.8) is 0 Å². The average Bonchev–Trinajstić information content (AvgIpc) is 3.15. The number of hydrogen-bond donors (Lipinski definition) is 3. The Hall–Kier alpha value is -2.51. The van der Waals surface area contributed by atoms with Gasteiger partial charge in [0.05, 0.1) is 18.5 Å². The number of methoxy groups -OCH3 is 1. The van der Waals surface area contributed by atoms with E-state index in [1.54, 1.807) is 25.3 Å². The fourth-order valence-corrected chi connectivity index (χ4v) is 4.22. The summed E-state index contributed by atoms with van der Waals surface area (Å²) in [7, 11) is 1.55. The minimum atomic E-state index is -0.261. The van der Waals surface area contributed by atoms with Crippen LogP contribution in [0.2, 0.25) is 5.02 Å². The Bertz CT molecular complexity index is 995. The number of aryl methyl sites for hydroxylation is 2. The topological polar surface area (TPSA) is 93.0 Å². The number of carbonyl (C=O) groups excluding carboxylic acids is 1. The third-order valence-electron chi connectivity index (χ3n) is 4.35. The van der Waals surface area contributed by atoms with Crippen LogP contribution in [0, 0.1) is 0 Å². The van der Waals surface area contributed by atoms with Crippen molar-refractivity contribution in [2.45, 2.75) is 19.3 Å². The van der Waals surface area contributed by atoms with Gasteiger partial charge in [-0.1, -0.05) is 11.6 Å². The predicted molar refractivity (Wildman–Crippen MR) is 104 cm³/mol. The molecule has 1 aliphatic rings. The highest BCUT2D eigenvalue weighted by Gasteiger charge is 2.23. The quantitative estimate of drug-likeness (QED) is 0.629. The number of ether oxygens (including phenoxy) is 1. The summed E-state index contributed by atoms with van der Waals surface area (Å²) < 4.78 is 5.28. The average molecular weight is 389 g/mol. The molecule has 0 saturated carbocycles. The largest absolute Gasteiger partial charge is 0.495 e. The Labute approximate surface area is 159 Å². The zero-order valence-corrected chi connectivity index (χ0v) is 15.6. The van der Waals surface area contributed by atoms with E-state index in [-0.39, 0.29) is 5.91 Å². The van der Waals surface area contributed by atoms with Gasteiger partial charge in [0, 0.05) is 9.90 Å². The second kappa shape index (κ2) is 6.66. The summed E-state index contributed by atoms with van der Waals surface area (Å²) in [5.41, 5.74) is 9.68. The molecule has 1 amide bonds. The van der Waals surface area contributed by atoms with Crippen LogP contribution >= 0.6 is 22.9 Å². The van der Waals surface area contributed by atoms with E-state index in [0.717, 1.165) is 41.1 Å². The number of aromatic amines is 1. The lowest BCUT2D eigenvalue weighted by Crippen LogP contribution is -2.13. The highest BCUT2D eigenvalue weighted by Crippen LogP contribution is 2.36. The summed E-state index contributed by atoms with van der Waals surface area (Å²) in [6.07, 6.45) is 2.85. The van der Waals surface area contributed by atoms with Crippen molar-refractivity contribution >= 4 is 39.7 Å². The summed E-state index contributed by atoms with van der Waals surface area (Å²) >= 11 is 7.54. The van der Waals surface area contributed by atoms with Gasteiger partial charge >= 0.3 is 0 Å². The first-order valence-electron chi connectivity index (χ1n) is 8.17. The van der Waals surface area contributed by atoms with Crippen LogP contribution in [-0.4, -0.2) is 23.0 Å². The molecule has 8 heteroatoms. The number of anilines is 2. The molecule has 0 aliphatic heterocycles. The minimum absolute atomic E-state index is 0.261. The number of nitrogen functional groups attached to an aromatic ring is 1. The van der Waals surface area contributed by atoms with E-state index < -0.39 is 0 Å². The lowest BCUT2D eigenvalue weighted by molar-refractivity contribution is 0.102. The van der Waals surface area contributed by atoms with E-state index in [4.69, 9.17) is 22.1 Å². The van der Waals surface area contributed by atoms with Crippen LogP contribution in [0.25, 0.3) is 11.4 Å². The van der Waals surface area contributed by atoms with E-state index in [1.807, 2.05) is 6.07 Å². The molecule has 4 N–H and O–H groups in total. The van der Waals surface area contributed by atoms with Gasteiger partial charge in [-0.05, 0) is 49.1 Å². The van der Waals surface area contributed by atoms with Gasteiger partial charge in [0.25, 0.3) is 5.91 Å². The fraction of sp³-hybridized carbons (Fsp3) is 0.222. The number of aromatic nitrogens is 2. The highest BCUT2D eigenvalue weighted by molar-refractivity contribution is 7.15. The first-order valence-corrected chi connectivity index (χ1v) is 9.37. The minimum Gasteiger partial charge on any atom is -0.495 e. The van der Waals surface area contributed by atoms with Crippen molar-refractivity contribution in [1.29, 1.82) is 0 Å². The first-order chi connectivity index (χ1) is 12.5. The molecule has 6 nitrogen and oxygen atoms in total. The molecule has 2 heterocycles. The molecule has 4 rings (SSSR count). The molecule has 0 saturated heterocycles.